The van der Waals surface area contributed by atoms with Crippen molar-refractivity contribution in [2.75, 3.05) is 0 Å². The van der Waals surface area contributed by atoms with Crippen LogP contribution < -0.4 is 0 Å². The predicted octanol–water partition coefficient (Wildman–Crippen LogP) is 0.343. The van der Waals surface area contributed by atoms with Crippen molar-refractivity contribution in [3.63, 3.8) is 0 Å². The van der Waals surface area contributed by atoms with Crippen LogP contribution >= 0.6 is 0 Å². The molecule has 160 valence electrons. The Balaban J connectivity index is 2.78. The Bertz CT molecular complexity index is 1020. The van der Waals surface area contributed by atoms with Crippen LogP contribution in [0.5, 0.6) is 0 Å². The third kappa shape index (κ3) is 3.91. The lowest BCUT2D eigenvalue weighted by atomic mass is 9.81. The maximum atomic E-state index is 12.1. The molecule has 0 radical (unpaired) electrons. The van der Waals surface area contributed by atoms with Crippen LogP contribution in [0, 0.1) is 0 Å². The van der Waals surface area contributed by atoms with E-state index in [1.54, 1.807) is 0 Å². The van der Waals surface area contributed by atoms with Gasteiger partial charge in [-0.3, -0.25) is 9.11 Å². The lowest BCUT2D eigenvalue weighted by Gasteiger charge is -2.38. The number of aliphatic hydroxyl groups excluding tert-OH is 2. The molecule has 0 saturated heterocycles. The number of hydrogen-bond donors (Lipinski definition) is 6. The summed E-state index contributed by atoms with van der Waals surface area (Å²) in [5.74, 6) is -5.23. The molecule has 0 saturated carbocycles. The summed E-state index contributed by atoms with van der Waals surface area (Å²) in [4.78, 5) is 22.6. The van der Waals surface area contributed by atoms with E-state index < -0.39 is 83.6 Å². The van der Waals surface area contributed by atoms with E-state index >= 15 is 0 Å². The van der Waals surface area contributed by atoms with Crippen molar-refractivity contribution in [2.24, 2.45) is 0 Å². The number of carbonyl (C=O) groups is 2. The first-order valence-electron chi connectivity index (χ1n) is 7.71. The number of carboxylic acid groups (broad SMARTS) is 2. The lowest BCUT2D eigenvalue weighted by molar-refractivity contribution is -0.133. The van der Waals surface area contributed by atoms with E-state index in [0.717, 1.165) is 12.2 Å². The summed E-state index contributed by atoms with van der Waals surface area (Å²) in [7, 11) is -10.5. The second-order valence-electron chi connectivity index (χ2n) is 6.57. The van der Waals surface area contributed by atoms with E-state index in [0.29, 0.717) is 12.2 Å². The molecule has 2 unspecified atom stereocenters. The Morgan fingerprint density at radius 3 is 1.34 bits per heavy atom. The molecule has 0 fully saturated rings. The summed E-state index contributed by atoms with van der Waals surface area (Å²) in [6, 6.07) is 0. The molecule has 2 rings (SSSR count). The van der Waals surface area contributed by atoms with E-state index in [-0.39, 0.29) is 0 Å². The summed E-state index contributed by atoms with van der Waals surface area (Å²) in [5, 5.41) is 37.6. The Hall–Kier alpha value is -2.68. The number of allylic oxidation sites excluding steroid dienone is 2. The van der Waals surface area contributed by atoms with E-state index in [1.165, 1.54) is 0 Å². The Labute approximate surface area is 164 Å². The summed E-state index contributed by atoms with van der Waals surface area (Å²) in [6.45, 7) is 0. The fourth-order valence-electron chi connectivity index (χ4n) is 3.19. The summed E-state index contributed by atoms with van der Waals surface area (Å²) in [5.41, 5.74) is -1.90. The van der Waals surface area contributed by atoms with Gasteiger partial charge in [0.05, 0.1) is 11.1 Å². The minimum Gasteiger partial charge on any atom is -0.507 e. The van der Waals surface area contributed by atoms with Crippen molar-refractivity contribution in [1.82, 2.24) is 0 Å². The average Bonchev–Trinajstić information content (AvgIpc) is 2.56. The van der Waals surface area contributed by atoms with Crippen LogP contribution in [-0.4, -0.2) is 67.8 Å². The molecule has 0 bridgehead atoms. The first-order chi connectivity index (χ1) is 13.1. The van der Waals surface area contributed by atoms with Gasteiger partial charge in [-0.15, -0.1) is 0 Å². The summed E-state index contributed by atoms with van der Waals surface area (Å²) < 4.78 is 62.8. The number of rotatable bonds is 6. The molecule has 29 heavy (non-hydrogen) atoms. The van der Waals surface area contributed by atoms with Gasteiger partial charge in [0.1, 0.15) is 21.0 Å². The number of hydrogen-bond acceptors (Lipinski definition) is 8. The largest absolute Gasteiger partial charge is 0.507 e. The Morgan fingerprint density at radius 1 is 0.793 bits per heavy atom. The zero-order chi connectivity index (χ0) is 22.4. The lowest BCUT2D eigenvalue weighted by Crippen LogP contribution is -2.50. The molecule has 6 N–H and O–H groups in total. The second-order valence-corrected chi connectivity index (χ2v) is 10.1. The van der Waals surface area contributed by atoms with Crippen LogP contribution in [-0.2, 0) is 29.8 Å². The van der Waals surface area contributed by atoms with Crippen LogP contribution in [0.15, 0.2) is 47.0 Å². The highest BCUT2D eigenvalue weighted by Gasteiger charge is 2.55. The molecule has 0 amide bonds. The molecule has 0 heterocycles. The monoisotopic (exact) mass is 452 g/mol. The molecule has 14 heteroatoms. The number of aliphatic carboxylic acids is 2. The van der Waals surface area contributed by atoms with Gasteiger partial charge in [0.15, 0.2) is 0 Å². The molecule has 2 aliphatic rings. The van der Waals surface area contributed by atoms with Gasteiger partial charge in [-0.05, 0) is 43.6 Å². The fraction of sp³-hybridized carbons (Fsp3) is 0.333. The minimum absolute atomic E-state index is 0.430. The Kier molecular flexibility index (Phi) is 5.44. The van der Waals surface area contributed by atoms with Crippen molar-refractivity contribution in [3.05, 3.63) is 47.0 Å². The van der Waals surface area contributed by atoms with Crippen molar-refractivity contribution in [1.29, 1.82) is 0 Å². The zero-order valence-electron chi connectivity index (χ0n) is 14.4. The normalized spacial score (nSPS) is 27.9. The SMILES string of the molecule is O=C(O)C1=CC(CC2(S(=O)(=O)O)C=C(C(=O)O)C(O)=CC2)(S(=O)(=O)O)CC=C1O. The maximum absolute atomic E-state index is 12.1. The third-order valence-corrected chi connectivity index (χ3v) is 7.65. The van der Waals surface area contributed by atoms with Crippen LogP contribution in [0.3, 0.4) is 0 Å². The van der Waals surface area contributed by atoms with Gasteiger partial charge in [0.2, 0.25) is 0 Å². The molecule has 2 aliphatic carbocycles. The molecular formula is C15H16O12S2. The van der Waals surface area contributed by atoms with Crippen LogP contribution in [0.25, 0.3) is 0 Å². The molecular weight excluding hydrogens is 436 g/mol. The second kappa shape index (κ2) is 6.98. The van der Waals surface area contributed by atoms with Crippen molar-refractivity contribution in [2.45, 2.75) is 28.8 Å². The first-order valence-corrected chi connectivity index (χ1v) is 10.6. The highest BCUT2D eigenvalue weighted by Crippen LogP contribution is 2.45. The predicted molar refractivity (Wildman–Crippen MR) is 95.3 cm³/mol. The topological polar surface area (TPSA) is 224 Å². The van der Waals surface area contributed by atoms with Crippen molar-refractivity contribution in [3.8, 4) is 0 Å². The van der Waals surface area contributed by atoms with Gasteiger partial charge in [-0.2, -0.15) is 16.8 Å². The summed E-state index contributed by atoms with van der Waals surface area (Å²) >= 11 is 0. The minimum atomic E-state index is -5.26. The average molecular weight is 452 g/mol. The smallest absolute Gasteiger partial charge is 0.339 e. The first kappa shape index (κ1) is 22.6. The fourth-order valence-corrected chi connectivity index (χ4v) is 5.28. The molecule has 12 nitrogen and oxygen atoms in total. The van der Waals surface area contributed by atoms with E-state index in [1.807, 2.05) is 0 Å². The molecule has 0 aromatic rings. The molecule has 0 spiro atoms. The van der Waals surface area contributed by atoms with E-state index in [9.17, 15) is 45.7 Å². The van der Waals surface area contributed by atoms with Gasteiger partial charge in [0.25, 0.3) is 20.2 Å². The maximum Gasteiger partial charge on any atom is 0.339 e. The standard InChI is InChI=1S/C15H16O12S2/c16-10-1-3-14(28(22,23)24,5-8(10)12(18)19)7-15(29(25,26)27)4-2-11(17)9(6-15)13(20)21/h1-2,5-6,16-17H,3-4,7H2,(H,18,19)(H,20,21)(H,22,23,24)(H,25,26,27). The van der Waals surface area contributed by atoms with E-state index in [2.05, 4.69) is 0 Å². The van der Waals surface area contributed by atoms with Crippen LogP contribution in [0.1, 0.15) is 19.3 Å². The van der Waals surface area contributed by atoms with Crippen LogP contribution in [0.2, 0.25) is 0 Å². The molecule has 0 aromatic carbocycles. The van der Waals surface area contributed by atoms with Crippen molar-refractivity contribution >= 4 is 32.2 Å². The van der Waals surface area contributed by atoms with Gasteiger partial charge < -0.3 is 20.4 Å². The summed E-state index contributed by atoms with van der Waals surface area (Å²) in [6.07, 6.45) is -0.452. The van der Waals surface area contributed by atoms with Crippen molar-refractivity contribution < 1.29 is 56.0 Å². The quantitative estimate of drug-likeness (QED) is 0.300. The molecule has 2 atom stereocenters. The van der Waals surface area contributed by atoms with Gasteiger partial charge in [0, 0.05) is 0 Å². The molecule has 0 aliphatic heterocycles. The molecule has 0 aromatic heterocycles. The number of aliphatic hydroxyl groups is 2. The van der Waals surface area contributed by atoms with E-state index in [4.69, 9.17) is 10.2 Å². The zero-order valence-corrected chi connectivity index (χ0v) is 16.0. The third-order valence-electron chi connectivity index (χ3n) is 4.74. The van der Waals surface area contributed by atoms with Gasteiger partial charge in [-0.25, -0.2) is 9.59 Å². The van der Waals surface area contributed by atoms with Gasteiger partial charge in [-0.1, -0.05) is 0 Å². The number of carboxylic acids is 2. The Morgan fingerprint density at radius 2 is 1.10 bits per heavy atom. The highest BCUT2D eigenvalue weighted by molar-refractivity contribution is 7.88. The van der Waals surface area contributed by atoms with Gasteiger partial charge >= 0.3 is 11.9 Å². The van der Waals surface area contributed by atoms with Crippen LogP contribution in [0.4, 0.5) is 0 Å². The highest BCUT2D eigenvalue weighted by atomic mass is 32.2.